The van der Waals surface area contributed by atoms with Gasteiger partial charge >= 0.3 is 0 Å². The summed E-state index contributed by atoms with van der Waals surface area (Å²) in [7, 11) is 0. The lowest BCUT2D eigenvalue weighted by Gasteiger charge is -2.11. The van der Waals surface area contributed by atoms with E-state index < -0.39 is 5.60 Å². The minimum atomic E-state index is -0.882. The van der Waals surface area contributed by atoms with Crippen molar-refractivity contribution < 1.29 is 5.11 Å². The monoisotopic (exact) mass is 155 g/mol. The molecule has 1 aromatic heterocycles. The lowest BCUT2D eigenvalue weighted by Crippen LogP contribution is -2.15. The van der Waals surface area contributed by atoms with Crippen LogP contribution < -0.4 is 0 Å². The molecular weight excluding hydrogens is 142 g/mol. The maximum atomic E-state index is 9.48. The second-order valence-electron chi connectivity index (χ2n) is 3.02. The molecule has 0 amide bonds. The summed E-state index contributed by atoms with van der Waals surface area (Å²) < 4.78 is 1.69. The zero-order valence-electron chi connectivity index (χ0n) is 7.07. The zero-order chi connectivity index (χ0) is 8.48. The van der Waals surface area contributed by atoms with Gasteiger partial charge in [-0.2, -0.15) is 0 Å². The molecule has 11 heavy (non-hydrogen) atoms. The van der Waals surface area contributed by atoms with E-state index in [0.29, 0.717) is 5.69 Å². The van der Waals surface area contributed by atoms with Crippen LogP contribution in [0.2, 0.25) is 0 Å². The Morgan fingerprint density at radius 2 is 2.27 bits per heavy atom. The van der Waals surface area contributed by atoms with Gasteiger partial charge in [0.1, 0.15) is 11.3 Å². The van der Waals surface area contributed by atoms with Crippen molar-refractivity contribution in [3.05, 3.63) is 11.9 Å². The molecule has 1 N–H and O–H groups in total. The van der Waals surface area contributed by atoms with Gasteiger partial charge in [0.15, 0.2) is 0 Å². The van der Waals surface area contributed by atoms with E-state index >= 15 is 0 Å². The van der Waals surface area contributed by atoms with E-state index in [2.05, 4.69) is 10.3 Å². The highest BCUT2D eigenvalue weighted by Crippen LogP contribution is 2.15. The number of aromatic nitrogens is 3. The van der Waals surface area contributed by atoms with Crippen molar-refractivity contribution in [2.75, 3.05) is 0 Å². The molecule has 0 fully saturated rings. The minimum Gasteiger partial charge on any atom is -0.384 e. The van der Waals surface area contributed by atoms with Gasteiger partial charge in [-0.15, -0.1) is 5.10 Å². The van der Waals surface area contributed by atoms with Crippen LogP contribution in [0, 0.1) is 0 Å². The minimum absolute atomic E-state index is 0.611. The normalized spacial score (nSPS) is 12.0. The number of aryl methyl sites for hydroxylation is 1. The standard InChI is InChI=1S/C7H13N3O/c1-4-10-5-6(8-9-10)7(2,3)11/h5,11H,4H2,1-3H3. The van der Waals surface area contributed by atoms with E-state index in [1.165, 1.54) is 0 Å². The maximum absolute atomic E-state index is 9.48. The van der Waals surface area contributed by atoms with Crippen molar-refractivity contribution in [3.8, 4) is 0 Å². The summed E-state index contributed by atoms with van der Waals surface area (Å²) in [6.07, 6.45) is 1.75. The lowest BCUT2D eigenvalue weighted by molar-refractivity contribution is 0.0737. The van der Waals surface area contributed by atoms with Gasteiger partial charge in [-0.25, -0.2) is 0 Å². The molecule has 0 aliphatic carbocycles. The first-order valence-corrected chi connectivity index (χ1v) is 3.67. The molecule has 0 bridgehead atoms. The highest BCUT2D eigenvalue weighted by Gasteiger charge is 2.19. The van der Waals surface area contributed by atoms with Crippen molar-refractivity contribution in [3.63, 3.8) is 0 Å². The van der Waals surface area contributed by atoms with E-state index in [1.807, 2.05) is 6.92 Å². The molecule has 0 radical (unpaired) electrons. The van der Waals surface area contributed by atoms with Crippen molar-refractivity contribution in [1.82, 2.24) is 15.0 Å². The third kappa shape index (κ3) is 1.77. The van der Waals surface area contributed by atoms with Crippen LogP contribution in [-0.4, -0.2) is 20.1 Å². The largest absolute Gasteiger partial charge is 0.384 e. The van der Waals surface area contributed by atoms with Gasteiger partial charge < -0.3 is 5.11 Å². The molecule has 4 heteroatoms. The molecule has 62 valence electrons. The number of hydrogen-bond acceptors (Lipinski definition) is 3. The quantitative estimate of drug-likeness (QED) is 0.677. The van der Waals surface area contributed by atoms with Gasteiger partial charge in [0.2, 0.25) is 0 Å². The summed E-state index contributed by atoms with van der Waals surface area (Å²) >= 11 is 0. The van der Waals surface area contributed by atoms with Gasteiger partial charge in [0.05, 0.1) is 6.20 Å². The molecule has 0 aliphatic heterocycles. The first kappa shape index (κ1) is 8.20. The fourth-order valence-electron chi connectivity index (χ4n) is 0.733. The topological polar surface area (TPSA) is 50.9 Å². The van der Waals surface area contributed by atoms with E-state index in [9.17, 15) is 5.11 Å². The first-order valence-electron chi connectivity index (χ1n) is 3.67. The van der Waals surface area contributed by atoms with E-state index in [4.69, 9.17) is 0 Å². The number of rotatable bonds is 2. The predicted molar refractivity (Wildman–Crippen MR) is 40.9 cm³/mol. The smallest absolute Gasteiger partial charge is 0.114 e. The predicted octanol–water partition coefficient (Wildman–Crippen LogP) is 0.525. The van der Waals surface area contributed by atoms with Crippen molar-refractivity contribution >= 4 is 0 Å². The zero-order valence-corrected chi connectivity index (χ0v) is 7.07. The van der Waals surface area contributed by atoms with Gasteiger partial charge in [-0.05, 0) is 20.8 Å². The highest BCUT2D eigenvalue weighted by atomic mass is 16.3. The summed E-state index contributed by atoms with van der Waals surface area (Å²) in [4.78, 5) is 0. The molecule has 0 unspecified atom stereocenters. The van der Waals surface area contributed by atoms with Crippen molar-refractivity contribution in [1.29, 1.82) is 0 Å². The van der Waals surface area contributed by atoms with E-state index in [0.717, 1.165) is 6.54 Å². The summed E-state index contributed by atoms with van der Waals surface area (Å²) in [5.41, 5.74) is -0.271. The van der Waals surface area contributed by atoms with Gasteiger partial charge in [0, 0.05) is 6.54 Å². The second-order valence-corrected chi connectivity index (χ2v) is 3.02. The van der Waals surface area contributed by atoms with Crippen LogP contribution >= 0.6 is 0 Å². The summed E-state index contributed by atoms with van der Waals surface area (Å²) in [6, 6.07) is 0. The van der Waals surface area contributed by atoms with Crippen LogP contribution in [0.5, 0.6) is 0 Å². The Morgan fingerprint density at radius 1 is 1.64 bits per heavy atom. The van der Waals surface area contributed by atoms with Gasteiger partial charge in [0.25, 0.3) is 0 Å². The number of aliphatic hydroxyl groups is 1. The first-order chi connectivity index (χ1) is 5.04. The van der Waals surface area contributed by atoms with Gasteiger partial charge in [-0.3, -0.25) is 4.68 Å². The summed E-state index contributed by atoms with van der Waals surface area (Å²) in [5.74, 6) is 0. The van der Waals surface area contributed by atoms with Crippen LogP contribution in [0.3, 0.4) is 0 Å². The average Bonchev–Trinajstić information content (AvgIpc) is 2.32. The second kappa shape index (κ2) is 2.62. The molecule has 1 rings (SSSR count). The SMILES string of the molecule is CCn1cc(C(C)(C)O)nn1. The molecule has 0 aromatic carbocycles. The van der Waals surface area contributed by atoms with Crippen LogP contribution in [0.25, 0.3) is 0 Å². The number of hydrogen-bond donors (Lipinski definition) is 1. The van der Waals surface area contributed by atoms with Crippen LogP contribution in [-0.2, 0) is 12.1 Å². The molecule has 0 atom stereocenters. The third-order valence-electron chi connectivity index (χ3n) is 1.49. The summed E-state index contributed by atoms with van der Waals surface area (Å²) in [6.45, 7) is 6.14. The molecule has 0 spiro atoms. The molecule has 4 nitrogen and oxygen atoms in total. The number of nitrogens with zero attached hydrogens (tertiary/aromatic N) is 3. The van der Waals surface area contributed by atoms with Crippen molar-refractivity contribution in [2.24, 2.45) is 0 Å². The fourth-order valence-corrected chi connectivity index (χ4v) is 0.733. The lowest BCUT2D eigenvalue weighted by atomic mass is 10.1. The average molecular weight is 155 g/mol. The molecule has 0 saturated heterocycles. The maximum Gasteiger partial charge on any atom is 0.114 e. The fraction of sp³-hybridized carbons (Fsp3) is 0.714. The molecule has 1 heterocycles. The van der Waals surface area contributed by atoms with Gasteiger partial charge in [-0.1, -0.05) is 5.21 Å². The Balaban J connectivity index is 2.89. The Kier molecular flexibility index (Phi) is 1.95. The molecular formula is C7H13N3O. The Morgan fingerprint density at radius 3 is 2.55 bits per heavy atom. The Hall–Kier alpha value is -0.900. The van der Waals surface area contributed by atoms with E-state index in [1.54, 1.807) is 24.7 Å². The summed E-state index contributed by atoms with van der Waals surface area (Å²) in [5, 5.41) is 17.1. The Labute approximate surface area is 65.8 Å². The third-order valence-corrected chi connectivity index (χ3v) is 1.49. The molecule has 0 saturated carbocycles. The molecule has 1 aromatic rings. The van der Waals surface area contributed by atoms with Crippen molar-refractivity contribution in [2.45, 2.75) is 32.9 Å². The van der Waals surface area contributed by atoms with Crippen LogP contribution in [0.15, 0.2) is 6.20 Å². The van der Waals surface area contributed by atoms with Crippen LogP contribution in [0.4, 0.5) is 0 Å². The van der Waals surface area contributed by atoms with E-state index in [-0.39, 0.29) is 0 Å². The Bertz CT molecular complexity index is 236. The highest BCUT2D eigenvalue weighted by molar-refractivity contribution is 5.02. The molecule has 0 aliphatic rings. The van der Waals surface area contributed by atoms with Crippen LogP contribution in [0.1, 0.15) is 26.5 Å².